The second kappa shape index (κ2) is 6.49. The largest absolute Gasteiger partial charge is 0.465 e. The van der Waals surface area contributed by atoms with E-state index in [0.717, 1.165) is 19.4 Å². The molecule has 1 atom stereocenters. The summed E-state index contributed by atoms with van der Waals surface area (Å²) >= 11 is 0. The Morgan fingerprint density at radius 2 is 2.40 bits per heavy atom. The van der Waals surface area contributed by atoms with Gasteiger partial charge in [0.25, 0.3) is 0 Å². The quantitative estimate of drug-likeness (QED) is 0.791. The molecule has 0 spiro atoms. The first kappa shape index (κ1) is 14.5. The highest BCUT2D eigenvalue weighted by Crippen LogP contribution is 2.23. The number of likely N-dealkylation sites (tertiary alicyclic amines) is 1. The van der Waals surface area contributed by atoms with E-state index < -0.39 is 5.82 Å². The van der Waals surface area contributed by atoms with Gasteiger partial charge < -0.3 is 4.74 Å². The lowest BCUT2D eigenvalue weighted by Gasteiger charge is -2.23. The van der Waals surface area contributed by atoms with E-state index in [1.54, 1.807) is 19.1 Å². The molecular formula is C15H17FN2O2. The molecular weight excluding hydrogens is 259 g/mol. The number of halogens is 1. The molecule has 2 rings (SSSR count). The van der Waals surface area contributed by atoms with E-state index in [4.69, 9.17) is 10.00 Å². The third-order valence-corrected chi connectivity index (χ3v) is 3.49. The van der Waals surface area contributed by atoms with Gasteiger partial charge in [0.05, 0.1) is 12.2 Å². The Morgan fingerprint density at radius 3 is 3.10 bits per heavy atom. The third-order valence-electron chi connectivity index (χ3n) is 3.49. The predicted molar refractivity (Wildman–Crippen MR) is 71.2 cm³/mol. The number of rotatable bonds is 4. The Morgan fingerprint density at radius 1 is 1.60 bits per heavy atom. The smallest absolute Gasteiger partial charge is 0.323 e. The van der Waals surface area contributed by atoms with Gasteiger partial charge in [-0.15, -0.1) is 0 Å². The standard InChI is InChI=1S/C15H17FN2O2/c1-2-20-15(19)13-7-4-8-18(13)10-12-6-3-5-11(9-17)14(12)16/h3,5-6,13H,2,4,7-8,10H2,1H3. The maximum Gasteiger partial charge on any atom is 0.323 e. The predicted octanol–water partition coefficient (Wildman–Crippen LogP) is 2.22. The van der Waals surface area contributed by atoms with E-state index in [9.17, 15) is 9.18 Å². The van der Waals surface area contributed by atoms with Crippen molar-refractivity contribution < 1.29 is 13.9 Å². The number of hydrogen-bond donors (Lipinski definition) is 0. The van der Waals surface area contributed by atoms with Crippen LogP contribution in [-0.4, -0.2) is 30.1 Å². The molecule has 0 radical (unpaired) electrons. The van der Waals surface area contributed by atoms with Crippen molar-refractivity contribution >= 4 is 5.97 Å². The topological polar surface area (TPSA) is 53.3 Å². The van der Waals surface area contributed by atoms with Crippen molar-refractivity contribution in [3.05, 3.63) is 35.1 Å². The van der Waals surface area contributed by atoms with Crippen LogP contribution in [0.15, 0.2) is 18.2 Å². The van der Waals surface area contributed by atoms with Gasteiger partial charge >= 0.3 is 5.97 Å². The highest BCUT2D eigenvalue weighted by atomic mass is 19.1. The molecule has 1 aromatic rings. The van der Waals surface area contributed by atoms with Gasteiger partial charge in [0, 0.05) is 12.1 Å². The van der Waals surface area contributed by atoms with Crippen LogP contribution >= 0.6 is 0 Å². The fourth-order valence-corrected chi connectivity index (χ4v) is 2.53. The number of nitriles is 1. The van der Waals surface area contributed by atoms with Crippen molar-refractivity contribution in [1.82, 2.24) is 4.90 Å². The van der Waals surface area contributed by atoms with Gasteiger partial charge in [-0.05, 0) is 32.4 Å². The second-order valence-corrected chi connectivity index (χ2v) is 4.77. The first-order chi connectivity index (χ1) is 9.67. The number of benzene rings is 1. The van der Waals surface area contributed by atoms with Crippen LogP contribution in [0, 0.1) is 17.1 Å². The Balaban J connectivity index is 2.13. The van der Waals surface area contributed by atoms with Crippen molar-refractivity contribution in [1.29, 1.82) is 5.26 Å². The first-order valence-electron chi connectivity index (χ1n) is 6.75. The normalized spacial score (nSPS) is 18.8. The summed E-state index contributed by atoms with van der Waals surface area (Å²) in [6.07, 6.45) is 1.63. The summed E-state index contributed by atoms with van der Waals surface area (Å²) in [5, 5.41) is 8.84. The number of esters is 1. The van der Waals surface area contributed by atoms with E-state index in [0.29, 0.717) is 18.7 Å². The summed E-state index contributed by atoms with van der Waals surface area (Å²) in [5.74, 6) is -0.744. The monoisotopic (exact) mass is 276 g/mol. The van der Waals surface area contributed by atoms with E-state index in [1.165, 1.54) is 6.07 Å². The van der Waals surface area contributed by atoms with Crippen LogP contribution in [0.2, 0.25) is 0 Å². The second-order valence-electron chi connectivity index (χ2n) is 4.77. The number of hydrogen-bond acceptors (Lipinski definition) is 4. The molecule has 0 bridgehead atoms. The zero-order valence-corrected chi connectivity index (χ0v) is 11.4. The molecule has 1 heterocycles. The summed E-state index contributed by atoms with van der Waals surface area (Å²) in [4.78, 5) is 13.8. The molecule has 1 saturated heterocycles. The molecule has 1 unspecified atom stereocenters. The minimum absolute atomic E-state index is 0.0365. The van der Waals surface area contributed by atoms with Gasteiger partial charge in [0.2, 0.25) is 0 Å². The summed E-state index contributed by atoms with van der Waals surface area (Å²) in [6, 6.07) is 6.28. The molecule has 0 aromatic heterocycles. The van der Waals surface area contributed by atoms with E-state index in [-0.39, 0.29) is 17.6 Å². The highest BCUT2D eigenvalue weighted by molar-refractivity contribution is 5.76. The highest BCUT2D eigenvalue weighted by Gasteiger charge is 2.32. The van der Waals surface area contributed by atoms with Crippen LogP contribution in [0.25, 0.3) is 0 Å². The summed E-state index contributed by atoms with van der Waals surface area (Å²) in [5.41, 5.74) is 0.481. The first-order valence-corrected chi connectivity index (χ1v) is 6.75. The van der Waals surface area contributed by atoms with E-state index in [1.807, 2.05) is 11.0 Å². The molecule has 0 amide bonds. The van der Waals surface area contributed by atoms with Gasteiger partial charge in [-0.1, -0.05) is 12.1 Å². The zero-order valence-electron chi connectivity index (χ0n) is 11.4. The van der Waals surface area contributed by atoms with Crippen molar-refractivity contribution in [2.45, 2.75) is 32.4 Å². The van der Waals surface area contributed by atoms with Crippen LogP contribution in [0.3, 0.4) is 0 Å². The average molecular weight is 276 g/mol. The molecule has 0 aliphatic carbocycles. The summed E-state index contributed by atoms with van der Waals surface area (Å²) in [6.45, 7) is 3.18. The zero-order chi connectivity index (χ0) is 14.5. The summed E-state index contributed by atoms with van der Waals surface area (Å²) < 4.78 is 19.1. The Hall–Kier alpha value is -1.93. The minimum Gasteiger partial charge on any atom is -0.465 e. The minimum atomic E-state index is -0.496. The van der Waals surface area contributed by atoms with Crippen LogP contribution in [-0.2, 0) is 16.1 Å². The molecule has 1 fully saturated rings. The van der Waals surface area contributed by atoms with Crippen LogP contribution in [0.4, 0.5) is 4.39 Å². The number of ether oxygens (including phenoxy) is 1. The molecule has 106 valence electrons. The van der Waals surface area contributed by atoms with E-state index in [2.05, 4.69) is 0 Å². The maximum atomic E-state index is 14.0. The Kier molecular flexibility index (Phi) is 4.70. The molecule has 5 heteroatoms. The lowest BCUT2D eigenvalue weighted by atomic mass is 10.1. The van der Waals surface area contributed by atoms with Crippen molar-refractivity contribution in [2.24, 2.45) is 0 Å². The van der Waals surface area contributed by atoms with Crippen LogP contribution in [0.5, 0.6) is 0 Å². The molecule has 0 saturated carbocycles. The molecule has 20 heavy (non-hydrogen) atoms. The SMILES string of the molecule is CCOC(=O)C1CCCN1Cc1cccc(C#N)c1F. The van der Waals surface area contributed by atoms with E-state index >= 15 is 0 Å². The van der Waals surface area contributed by atoms with Gasteiger partial charge in [0.15, 0.2) is 0 Å². The third kappa shape index (κ3) is 2.97. The summed E-state index contributed by atoms with van der Waals surface area (Å²) in [7, 11) is 0. The number of carbonyl (C=O) groups is 1. The van der Waals surface area contributed by atoms with Gasteiger partial charge in [-0.3, -0.25) is 9.69 Å². The maximum absolute atomic E-state index is 14.0. The van der Waals surface area contributed by atoms with Crippen molar-refractivity contribution in [3.8, 4) is 6.07 Å². The molecule has 0 N–H and O–H groups in total. The average Bonchev–Trinajstić information content (AvgIpc) is 2.90. The van der Waals surface area contributed by atoms with Crippen molar-refractivity contribution in [2.75, 3.05) is 13.2 Å². The lowest BCUT2D eigenvalue weighted by molar-refractivity contribution is -0.148. The fourth-order valence-electron chi connectivity index (χ4n) is 2.53. The van der Waals surface area contributed by atoms with Crippen LogP contribution < -0.4 is 0 Å². The van der Waals surface area contributed by atoms with Gasteiger partial charge in [0.1, 0.15) is 17.9 Å². The fraction of sp³-hybridized carbons (Fsp3) is 0.467. The van der Waals surface area contributed by atoms with Crippen LogP contribution in [0.1, 0.15) is 30.9 Å². The molecule has 4 nitrogen and oxygen atoms in total. The Labute approximate surface area is 117 Å². The molecule has 1 aliphatic rings. The van der Waals surface area contributed by atoms with Gasteiger partial charge in [-0.2, -0.15) is 5.26 Å². The van der Waals surface area contributed by atoms with Crippen molar-refractivity contribution in [3.63, 3.8) is 0 Å². The van der Waals surface area contributed by atoms with Gasteiger partial charge in [-0.25, -0.2) is 4.39 Å². The lowest BCUT2D eigenvalue weighted by Crippen LogP contribution is -2.37. The Bertz CT molecular complexity index is 539. The molecule has 1 aromatic carbocycles. The molecule has 1 aliphatic heterocycles. The number of nitrogens with zero attached hydrogens (tertiary/aromatic N) is 2. The number of carbonyl (C=O) groups excluding carboxylic acids is 1.